The Labute approximate surface area is 94.9 Å². The van der Waals surface area contributed by atoms with E-state index in [-0.39, 0.29) is 0 Å². The van der Waals surface area contributed by atoms with Crippen molar-refractivity contribution in [1.29, 1.82) is 0 Å². The van der Waals surface area contributed by atoms with Gasteiger partial charge in [-0.15, -0.1) is 10.2 Å². The summed E-state index contributed by atoms with van der Waals surface area (Å²) in [6.45, 7) is 1.91. The fraction of sp³-hybridized carbons (Fsp3) is 0.125. The maximum atomic E-state index is 5.60. The van der Waals surface area contributed by atoms with Crippen LogP contribution < -0.4 is 11.5 Å². The number of nitrogen functional groups attached to an aromatic ring is 2. The number of aromatic nitrogens is 3. The number of nitrogens with two attached hydrogens (primary N) is 2. The maximum Gasteiger partial charge on any atom is 0.180 e. The smallest absolute Gasteiger partial charge is 0.180 e. The zero-order valence-corrected chi connectivity index (χ0v) is 9.60. The van der Waals surface area contributed by atoms with Gasteiger partial charge in [0.1, 0.15) is 15.9 Å². The van der Waals surface area contributed by atoms with E-state index in [1.54, 1.807) is 6.07 Å². The summed E-state index contributed by atoms with van der Waals surface area (Å²) < 4.78 is 0.851. The van der Waals surface area contributed by atoms with E-state index in [9.17, 15) is 0 Å². The van der Waals surface area contributed by atoms with Crippen molar-refractivity contribution in [3.8, 4) is 0 Å². The molecule has 2 rings (SSSR count). The van der Waals surface area contributed by atoms with Gasteiger partial charge in [-0.1, -0.05) is 11.3 Å². The van der Waals surface area contributed by atoms with Crippen LogP contribution in [0.5, 0.6) is 0 Å². The van der Waals surface area contributed by atoms with Crippen LogP contribution in [0.1, 0.15) is 5.01 Å². The monoisotopic (exact) mass is 239 g/mol. The second-order valence-corrected chi connectivity index (χ2v) is 5.26. The van der Waals surface area contributed by atoms with Gasteiger partial charge in [-0.2, -0.15) is 0 Å². The molecule has 0 bridgehead atoms. The Morgan fingerprint density at radius 3 is 2.67 bits per heavy atom. The molecule has 5 nitrogen and oxygen atoms in total. The van der Waals surface area contributed by atoms with Crippen molar-refractivity contribution in [2.45, 2.75) is 16.3 Å². The molecule has 2 aromatic rings. The highest BCUT2D eigenvalue weighted by atomic mass is 32.2. The van der Waals surface area contributed by atoms with E-state index in [4.69, 9.17) is 11.5 Å². The van der Waals surface area contributed by atoms with Gasteiger partial charge in [-0.25, -0.2) is 4.98 Å². The first kappa shape index (κ1) is 10.2. The fourth-order valence-corrected chi connectivity index (χ4v) is 2.67. The molecule has 4 N–H and O–H groups in total. The van der Waals surface area contributed by atoms with Crippen LogP contribution in [0.2, 0.25) is 0 Å². The van der Waals surface area contributed by atoms with Crippen molar-refractivity contribution in [3.63, 3.8) is 0 Å². The van der Waals surface area contributed by atoms with E-state index in [0.29, 0.717) is 11.5 Å². The van der Waals surface area contributed by atoms with Crippen LogP contribution in [-0.2, 0) is 0 Å². The molecule has 0 atom stereocenters. The quantitative estimate of drug-likeness (QED) is 0.826. The van der Waals surface area contributed by atoms with Gasteiger partial charge in [0.05, 0.1) is 5.69 Å². The summed E-state index contributed by atoms with van der Waals surface area (Å²) in [5.74, 6) is 0.348. The van der Waals surface area contributed by atoms with Crippen molar-refractivity contribution < 1.29 is 0 Å². The highest BCUT2D eigenvalue weighted by Crippen LogP contribution is 2.29. The summed E-state index contributed by atoms with van der Waals surface area (Å²) in [5, 5.41) is 9.61. The first-order chi connectivity index (χ1) is 7.15. The van der Waals surface area contributed by atoms with Crippen molar-refractivity contribution in [2.75, 3.05) is 11.5 Å². The number of hydrogen-bond donors (Lipinski definition) is 2. The molecule has 2 heterocycles. The fourth-order valence-electron chi connectivity index (χ4n) is 0.933. The van der Waals surface area contributed by atoms with Gasteiger partial charge in [0.25, 0.3) is 0 Å². The number of aryl methyl sites for hydroxylation is 1. The number of pyridine rings is 1. The minimum absolute atomic E-state index is 0.348. The number of anilines is 2. The first-order valence-corrected chi connectivity index (χ1v) is 5.78. The Hall–Kier alpha value is -1.34. The minimum atomic E-state index is 0.348. The molecular weight excluding hydrogens is 230 g/mol. The van der Waals surface area contributed by atoms with Gasteiger partial charge in [-0.3, -0.25) is 0 Å². The summed E-state index contributed by atoms with van der Waals surface area (Å²) in [6, 6.07) is 3.55. The highest BCUT2D eigenvalue weighted by molar-refractivity contribution is 8.01. The molecule has 78 valence electrons. The molecule has 0 radical (unpaired) electrons. The van der Waals surface area contributed by atoms with Gasteiger partial charge in [-0.05, 0) is 30.8 Å². The second kappa shape index (κ2) is 4.03. The molecule has 0 saturated carbocycles. The summed E-state index contributed by atoms with van der Waals surface area (Å²) in [5.41, 5.74) is 11.7. The third-order valence-electron chi connectivity index (χ3n) is 1.63. The average molecular weight is 239 g/mol. The lowest BCUT2D eigenvalue weighted by Crippen LogP contribution is -1.97. The highest BCUT2D eigenvalue weighted by Gasteiger charge is 2.05. The predicted octanol–water partition coefficient (Wildman–Crippen LogP) is 1.56. The normalized spacial score (nSPS) is 10.5. The SMILES string of the molecule is Cc1nnc(Sc2ccc(N)c(N)n2)s1. The molecule has 0 amide bonds. The van der Waals surface area contributed by atoms with E-state index >= 15 is 0 Å². The molecule has 0 aliphatic rings. The summed E-state index contributed by atoms with van der Waals surface area (Å²) >= 11 is 2.95. The van der Waals surface area contributed by atoms with Gasteiger partial charge in [0.15, 0.2) is 4.34 Å². The summed E-state index contributed by atoms with van der Waals surface area (Å²) in [4.78, 5) is 4.13. The van der Waals surface area contributed by atoms with E-state index in [0.717, 1.165) is 14.4 Å². The number of nitrogens with zero attached hydrogens (tertiary/aromatic N) is 3. The molecule has 15 heavy (non-hydrogen) atoms. The van der Waals surface area contributed by atoms with Crippen molar-refractivity contribution in [1.82, 2.24) is 15.2 Å². The van der Waals surface area contributed by atoms with Gasteiger partial charge in [0, 0.05) is 0 Å². The van der Waals surface area contributed by atoms with E-state index in [2.05, 4.69) is 15.2 Å². The standard InChI is InChI=1S/C8H9N5S2/c1-4-12-13-8(14-4)15-6-3-2-5(9)7(10)11-6/h2-3H,9H2,1H3,(H2,10,11). The van der Waals surface area contributed by atoms with Crippen LogP contribution >= 0.6 is 23.1 Å². The van der Waals surface area contributed by atoms with E-state index in [1.165, 1.54) is 23.1 Å². The topological polar surface area (TPSA) is 90.7 Å². The Bertz CT molecular complexity index is 482. The van der Waals surface area contributed by atoms with Gasteiger partial charge >= 0.3 is 0 Å². The Morgan fingerprint density at radius 1 is 1.27 bits per heavy atom. The van der Waals surface area contributed by atoms with E-state index < -0.39 is 0 Å². The molecule has 0 saturated heterocycles. The van der Waals surface area contributed by atoms with Crippen LogP contribution in [0.3, 0.4) is 0 Å². The molecule has 0 unspecified atom stereocenters. The lowest BCUT2D eigenvalue weighted by atomic mass is 10.4. The van der Waals surface area contributed by atoms with Crippen molar-refractivity contribution >= 4 is 34.6 Å². The molecule has 0 aliphatic heterocycles. The van der Waals surface area contributed by atoms with Gasteiger partial charge < -0.3 is 11.5 Å². The van der Waals surface area contributed by atoms with Crippen LogP contribution in [-0.4, -0.2) is 15.2 Å². The van der Waals surface area contributed by atoms with Crippen molar-refractivity contribution in [3.05, 3.63) is 17.1 Å². The lowest BCUT2D eigenvalue weighted by molar-refractivity contribution is 0.981. The molecule has 2 aromatic heterocycles. The zero-order valence-electron chi connectivity index (χ0n) is 7.97. The molecule has 0 fully saturated rings. The van der Waals surface area contributed by atoms with Crippen molar-refractivity contribution in [2.24, 2.45) is 0 Å². The molecule has 0 spiro atoms. The van der Waals surface area contributed by atoms with Crippen LogP contribution in [0.25, 0.3) is 0 Å². The number of rotatable bonds is 2. The summed E-state index contributed by atoms with van der Waals surface area (Å²) in [7, 11) is 0. The third-order valence-corrected chi connectivity index (χ3v) is 3.46. The Balaban J connectivity index is 2.21. The second-order valence-electron chi connectivity index (χ2n) is 2.81. The molecule has 0 aromatic carbocycles. The van der Waals surface area contributed by atoms with Crippen LogP contribution in [0.4, 0.5) is 11.5 Å². The Kier molecular flexibility index (Phi) is 2.74. The molecule has 0 aliphatic carbocycles. The average Bonchev–Trinajstić information content (AvgIpc) is 2.58. The molecular formula is C8H9N5S2. The Morgan fingerprint density at radius 2 is 2.07 bits per heavy atom. The lowest BCUT2D eigenvalue weighted by Gasteiger charge is -2.00. The summed E-state index contributed by atoms with van der Waals surface area (Å²) in [6.07, 6.45) is 0. The zero-order chi connectivity index (χ0) is 10.8. The largest absolute Gasteiger partial charge is 0.396 e. The van der Waals surface area contributed by atoms with Crippen LogP contribution in [0, 0.1) is 6.92 Å². The maximum absolute atomic E-state index is 5.60. The van der Waals surface area contributed by atoms with Crippen LogP contribution in [0.15, 0.2) is 21.5 Å². The molecule has 7 heteroatoms. The number of hydrogen-bond acceptors (Lipinski definition) is 7. The van der Waals surface area contributed by atoms with E-state index in [1.807, 2.05) is 13.0 Å². The van der Waals surface area contributed by atoms with Gasteiger partial charge in [0.2, 0.25) is 0 Å². The third kappa shape index (κ3) is 2.37. The first-order valence-electron chi connectivity index (χ1n) is 4.15. The minimum Gasteiger partial charge on any atom is -0.396 e. The predicted molar refractivity (Wildman–Crippen MR) is 61.8 cm³/mol.